The molecule has 9 N–H and O–H groups in total. The smallest absolute Gasteiger partial charge is 0.410 e. The van der Waals surface area contributed by atoms with Crippen LogP contribution < -0.4 is 38.1 Å². The molecule has 4 fully saturated rings. The van der Waals surface area contributed by atoms with Crippen LogP contribution in [0.2, 0.25) is 0 Å². The van der Waals surface area contributed by atoms with Crippen molar-refractivity contribution in [1.82, 2.24) is 46.2 Å². The van der Waals surface area contributed by atoms with Gasteiger partial charge in [0.15, 0.2) is 5.78 Å². The fourth-order valence-corrected chi connectivity index (χ4v) is 11.7. The Bertz CT molecular complexity index is 3330. The van der Waals surface area contributed by atoms with Gasteiger partial charge < -0.3 is 71.7 Å². The summed E-state index contributed by atoms with van der Waals surface area (Å²) in [4.78, 5) is 144. The van der Waals surface area contributed by atoms with Gasteiger partial charge in [0, 0.05) is 68.5 Å². The predicted molar refractivity (Wildman–Crippen MR) is 380 cm³/mol. The lowest BCUT2D eigenvalue weighted by atomic mass is 9.80. The van der Waals surface area contributed by atoms with Gasteiger partial charge in [-0.1, -0.05) is 113 Å². The third-order valence-corrected chi connectivity index (χ3v) is 17.0. The standard InChI is InChI=1S/C33H48FN7O6.C20H30N2O4.C12H19NO5.C8H11N.ClH/c1-32(2,3)26(38-30(46)39-33(4,5)6)29(45)40-16-21(28(44)36-23(25(42)27(35)43)13-18-9-7-10-18)24(17-40)37-31(47)41-14-19-11-8-12-22(34)20(19)15-41;1-6-25-18(23)16-12-22(19(24)26-20(3,4)5)13-17(16)21-14(2)15-10-8-7-9-11-15;1-5-17-10(15)8-6-13(7-9(8)14)11(16)18-12(2,3)4;1-7(9)8-5-3-2-4-6-8;/h8,11-12,18,21,23-24,26H,7,9-10,13-17H2,1-6H3,(H2,35,43)(H,36,44)(H,37,47)(H2,38,39,46);7-11,14,16-17,21H,6,12-13H2,1-5H3;8H,5-7H2,1-4H3;2-7H,9H2,1H3;1H/t21-,23?,24-,26+;14-,16-,17-;;7-;/m00.0./s1. The molecule has 3 aromatic rings. The normalized spacial score (nSPS) is 19.9. The number of ketones is 2. The topological polar surface area (TPSA) is 350 Å². The van der Waals surface area contributed by atoms with Crippen molar-refractivity contribution in [3.8, 4) is 0 Å². The van der Waals surface area contributed by atoms with E-state index >= 15 is 0 Å². The molecule has 8 rings (SSSR count). The first kappa shape index (κ1) is 85.0. The van der Waals surface area contributed by atoms with Gasteiger partial charge in [-0.25, -0.2) is 23.6 Å². The van der Waals surface area contributed by atoms with Crippen LogP contribution >= 0.6 is 12.4 Å². The Kier molecular flexibility index (Phi) is 31.5. The van der Waals surface area contributed by atoms with E-state index < -0.39 is 118 Å². The third kappa shape index (κ3) is 26.5. The van der Waals surface area contributed by atoms with Gasteiger partial charge in [0.25, 0.3) is 5.91 Å². The third-order valence-electron chi connectivity index (χ3n) is 17.0. The highest BCUT2D eigenvalue weighted by molar-refractivity contribution is 6.37. The minimum atomic E-state index is -1.16. The minimum absolute atomic E-state index is 0. The van der Waals surface area contributed by atoms with Crippen molar-refractivity contribution in [1.29, 1.82) is 0 Å². The molecule has 3 aromatic carbocycles. The average Bonchev–Trinajstić information content (AvgIpc) is 1.68. The van der Waals surface area contributed by atoms with Crippen molar-refractivity contribution in [3.63, 3.8) is 0 Å². The molecule has 0 radical (unpaired) electrons. The van der Waals surface area contributed by atoms with E-state index in [0.29, 0.717) is 30.8 Å². The molecule has 3 saturated heterocycles. The molecule has 2 unspecified atom stereocenters. The highest BCUT2D eigenvalue weighted by Crippen LogP contribution is 2.33. The molecule has 560 valence electrons. The van der Waals surface area contributed by atoms with Gasteiger partial charge in [-0.3, -0.25) is 38.5 Å². The SMILES string of the molecule is CC(C)(C)NC(=O)N[C@H](C(=O)N1C[C@H](NC(=O)N2Cc3cccc(F)c3C2)[C@@H](C(=O)NC(CC2CCC2)C(=O)C(N)=O)C1)C(C)(C)C.CCOC(=O)C1CN(C(=O)OC(C)(C)C)CC1=O.CCOC(=O)[C@H]1CN(C(=O)OC(C)(C)C)C[C@@H]1N[C@@H](C)c1ccccc1.C[C@H](N)c1ccccc1.Cl. The van der Waals surface area contributed by atoms with Crippen molar-refractivity contribution < 1.29 is 76.1 Å². The second kappa shape index (κ2) is 37.5. The second-order valence-corrected chi connectivity index (χ2v) is 30.1. The largest absolute Gasteiger partial charge is 0.466 e. The van der Waals surface area contributed by atoms with Crippen LogP contribution in [0.1, 0.15) is 171 Å². The first-order chi connectivity index (χ1) is 46.6. The van der Waals surface area contributed by atoms with Crippen LogP contribution in [0.3, 0.4) is 0 Å². The summed E-state index contributed by atoms with van der Waals surface area (Å²) in [5.74, 6) is -6.84. The van der Waals surface area contributed by atoms with E-state index in [1.807, 2.05) is 116 Å². The minimum Gasteiger partial charge on any atom is -0.466 e. The second-order valence-electron chi connectivity index (χ2n) is 30.1. The van der Waals surface area contributed by atoms with E-state index in [-0.39, 0.29) is 100 Å². The Morgan fingerprint density at radius 3 is 1.66 bits per heavy atom. The van der Waals surface area contributed by atoms with Crippen LogP contribution in [0, 0.1) is 34.9 Å². The number of rotatable bonds is 17. The Morgan fingerprint density at radius 1 is 0.624 bits per heavy atom. The number of hydrogen-bond donors (Lipinski definition) is 7. The van der Waals surface area contributed by atoms with Gasteiger partial charge in [0.05, 0.1) is 50.2 Å². The number of nitrogens with zero attached hydrogens (tertiary/aromatic N) is 4. The average molecular weight is 1440 g/mol. The van der Waals surface area contributed by atoms with Crippen LogP contribution in [0.15, 0.2) is 78.9 Å². The molecular weight excluding hydrogens is 1330 g/mol. The van der Waals surface area contributed by atoms with E-state index in [1.165, 1.54) is 26.3 Å². The van der Waals surface area contributed by atoms with E-state index in [9.17, 15) is 57.1 Å². The highest BCUT2D eigenvalue weighted by Gasteiger charge is 2.48. The fraction of sp³-hybridized carbons (Fsp3) is 0.603. The summed E-state index contributed by atoms with van der Waals surface area (Å²) in [5.41, 5.74) is 11.9. The van der Waals surface area contributed by atoms with Gasteiger partial charge in [0.1, 0.15) is 29.0 Å². The Balaban J connectivity index is 0.000000333. The van der Waals surface area contributed by atoms with E-state index in [4.69, 9.17) is 30.4 Å². The summed E-state index contributed by atoms with van der Waals surface area (Å²) >= 11 is 0. The summed E-state index contributed by atoms with van der Waals surface area (Å²) in [7, 11) is 0. The Hall–Kier alpha value is -8.43. The van der Waals surface area contributed by atoms with Crippen molar-refractivity contribution >= 4 is 77.9 Å². The number of nitrogens with one attached hydrogen (secondary N) is 5. The Labute approximate surface area is 600 Å². The zero-order valence-corrected chi connectivity index (χ0v) is 62.3. The summed E-state index contributed by atoms with van der Waals surface area (Å²) in [6, 6.07) is 20.7. The molecule has 4 heterocycles. The number of fused-ring (bicyclic) bond motifs is 1. The number of esters is 2. The van der Waals surface area contributed by atoms with Crippen LogP contribution in [0.5, 0.6) is 0 Å². The van der Waals surface area contributed by atoms with Crippen LogP contribution in [0.4, 0.5) is 23.6 Å². The van der Waals surface area contributed by atoms with Crippen LogP contribution in [-0.4, -0.2) is 178 Å². The number of hydrogen-bond acceptors (Lipinski definition) is 17. The molecule has 4 aliphatic heterocycles. The first-order valence-electron chi connectivity index (χ1n) is 34.4. The van der Waals surface area contributed by atoms with Crippen molar-refractivity contribution in [2.24, 2.45) is 40.6 Å². The maximum Gasteiger partial charge on any atom is 0.410 e. The van der Waals surface area contributed by atoms with Gasteiger partial charge in [0.2, 0.25) is 17.6 Å². The molecule has 9 amide bonds. The number of amides is 9. The number of carbonyl (C=O) groups is 11. The highest BCUT2D eigenvalue weighted by atomic mass is 35.5. The number of ether oxygens (including phenoxy) is 4. The molecule has 5 aliphatic rings. The first-order valence-corrected chi connectivity index (χ1v) is 34.4. The number of carbonyl (C=O) groups excluding carboxylic acids is 11. The number of Topliss-reactive ketones (excluding diaryl/α,β-unsaturated/α-hetero) is 2. The Morgan fingerprint density at radius 2 is 1.17 bits per heavy atom. The van der Waals surface area contributed by atoms with Gasteiger partial charge >= 0.3 is 36.2 Å². The number of urea groups is 2. The number of likely N-dealkylation sites (tertiary alicyclic amines) is 3. The van der Waals surface area contributed by atoms with E-state index in [1.54, 1.807) is 72.4 Å². The number of primary amides is 1. The molecular formula is C73H109ClFN11O15. The summed E-state index contributed by atoms with van der Waals surface area (Å²) in [6.45, 7) is 30.2. The van der Waals surface area contributed by atoms with Crippen molar-refractivity contribution in [2.75, 3.05) is 52.5 Å². The molecule has 101 heavy (non-hydrogen) atoms. The molecule has 26 nitrogen and oxygen atoms in total. The summed E-state index contributed by atoms with van der Waals surface area (Å²) in [5, 5.41) is 14.6. The lowest BCUT2D eigenvalue weighted by Crippen LogP contribution is -2.58. The predicted octanol–water partition coefficient (Wildman–Crippen LogP) is 8.17. The van der Waals surface area contributed by atoms with Crippen LogP contribution in [-0.2, 0) is 65.6 Å². The molecule has 1 aliphatic carbocycles. The van der Waals surface area contributed by atoms with Crippen molar-refractivity contribution in [2.45, 2.75) is 203 Å². The lowest BCUT2D eigenvalue weighted by Gasteiger charge is -2.34. The lowest BCUT2D eigenvalue weighted by molar-refractivity contribution is -0.150. The summed E-state index contributed by atoms with van der Waals surface area (Å²) in [6.07, 6.45) is 2.00. The number of benzene rings is 3. The van der Waals surface area contributed by atoms with Crippen LogP contribution in [0.25, 0.3) is 0 Å². The molecule has 0 aromatic heterocycles. The molecule has 28 heteroatoms. The molecule has 9 atom stereocenters. The zero-order valence-electron chi connectivity index (χ0n) is 61.5. The quantitative estimate of drug-likeness (QED) is 0.0290. The van der Waals surface area contributed by atoms with Gasteiger partial charge in [-0.05, 0) is 131 Å². The van der Waals surface area contributed by atoms with Gasteiger partial charge in [-0.15, -0.1) is 12.4 Å². The molecule has 0 bridgehead atoms. The molecule has 0 spiro atoms. The van der Waals surface area contributed by atoms with E-state index in [2.05, 4.69) is 26.6 Å². The van der Waals surface area contributed by atoms with Crippen molar-refractivity contribution in [3.05, 3.63) is 107 Å². The fourth-order valence-electron chi connectivity index (χ4n) is 11.7. The number of nitrogens with two attached hydrogens (primary N) is 2. The summed E-state index contributed by atoms with van der Waals surface area (Å²) < 4.78 is 35.0. The molecule has 1 saturated carbocycles. The van der Waals surface area contributed by atoms with E-state index in [0.717, 1.165) is 24.8 Å². The van der Waals surface area contributed by atoms with Gasteiger partial charge in [-0.2, -0.15) is 0 Å². The monoisotopic (exact) mass is 1430 g/mol. The maximum atomic E-state index is 14.4. The maximum absolute atomic E-state index is 14.4. The number of halogens is 2. The zero-order chi connectivity index (χ0) is 74.8.